The van der Waals surface area contributed by atoms with Gasteiger partial charge in [-0.25, -0.2) is 18.7 Å². The maximum Gasteiger partial charge on any atom is 0.273 e. The third-order valence-electron chi connectivity index (χ3n) is 2.33. The van der Waals surface area contributed by atoms with Crippen molar-refractivity contribution in [3.63, 3.8) is 0 Å². The maximum absolute atomic E-state index is 13.3. The highest BCUT2D eigenvalue weighted by Crippen LogP contribution is 2.06. The second-order valence-electron chi connectivity index (χ2n) is 3.98. The van der Waals surface area contributed by atoms with Gasteiger partial charge in [-0.2, -0.15) is 5.10 Å². The molecule has 0 fully saturated rings. The molecule has 0 radical (unpaired) electrons. The number of carbonyl (C=O) groups is 1. The first kappa shape index (κ1) is 13.1. The molecule has 2 rings (SSSR count). The van der Waals surface area contributed by atoms with Crippen LogP contribution in [0.3, 0.4) is 0 Å². The molecule has 0 aromatic carbocycles. The highest BCUT2D eigenvalue weighted by atomic mass is 19.1. The van der Waals surface area contributed by atoms with E-state index < -0.39 is 23.2 Å². The standard InChI is InChI=1S/C11H11F2N5O/c1-7(4-18-6-14-5-16-18)17-11(19)10-9(13)2-8(12)3-15-10/h2-3,5-7H,4H2,1H3,(H,17,19)/t7-/m1/s1. The number of hydrogen-bond acceptors (Lipinski definition) is 4. The molecule has 1 amide bonds. The van der Waals surface area contributed by atoms with Gasteiger partial charge in [-0.1, -0.05) is 0 Å². The van der Waals surface area contributed by atoms with Crippen molar-refractivity contribution in [3.8, 4) is 0 Å². The molecule has 2 aromatic heterocycles. The zero-order valence-corrected chi connectivity index (χ0v) is 10.0. The summed E-state index contributed by atoms with van der Waals surface area (Å²) < 4.78 is 27.5. The van der Waals surface area contributed by atoms with Crippen LogP contribution in [0.1, 0.15) is 17.4 Å². The normalized spacial score (nSPS) is 12.2. The number of nitrogens with one attached hydrogen (secondary N) is 1. The van der Waals surface area contributed by atoms with Gasteiger partial charge in [0.1, 0.15) is 18.5 Å². The van der Waals surface area contributed by atoms with Gasteiger partial charge in [0.2, 0.25) is 0 Å². The zero-order valence-electron chi connectivity index (χ0n) is 10.0. The second-order valence-corrected chi connectivity index (χ2v) is 3.98. The summed E-state index contributed by atoms with van der Waals surface area (Å²) in [6.07, 6.45) is 3.66. The summed E-state index contributed by atoms with van der Waals surface area (Å²) in [6, 6.07) is 0.310. The summed E-state index contributed by atoms with van der Waals surface area (Å²) in [5.41, 5.74) is -0.438. The molecule has 0 bridgehead atoms. The molecule has 1 atom stereocenters. The van der Waals surface area contributed by atoms with E-state index in [1.807, 2.05) is 0 Å². The average Bonchev–Trinajstić information content (AvgIpc) is 2.81. The van der Waals surface area contributed by atoms with Crippen LogP contribution >= 0.6 is 0 Å². The fourth-order valence-corrected chi connectivity index (χ4v) is 1.53. The third-order valence-corrected chi connectivity index (χ3v) is 2.33. The predicted molar refractivity (Wildman–Crippen MR) is 61.1 cm³/mol. The fraction of sp³-hybridized carbons (Fsp3) is 0.273. The molecule has 6 nitrogen and oxygen atoms in total. The van der Waals surface area contributed by atoms with E-state index in [-0.39, 0.29) is 6.04 Å². The third kappa shape index (κ3) is 3.30. The molecule has 0 aliphatic heterocycles. The van der Waals surface area contributed by atoms with Gasteiger partial charge in [-0.05, 0) is 6.92 Å². The van der Waals surface area contributed by atoms with Crippen molar-refractivity contribution in [2.45, 2.75) is 19.5 Å². The van der Waals surface area contributed by atoms with E-state index in [4.69, 9.17) is 0 Å². The van der Waals surface area contributed by atoms with Crippen molar-refractivity contribution in [3.05, 3.63) is 42.2 Å². The van der Waals surface area contributed by atoms with Crippen LogP contribution in [-0.4, -0.2) is 31.7 Å². The average molecular weight is 267 g/mol. The fourth-order valence-electron chi connectivity index (χ4n) is 1.53. The molecule has 0 saturated heterocycles. The van der Waals surface area contributed by atoms with Gasteiger partial charge in [0.05, 0.1) is 12.7 Å². The Balaban J connectivity index is 2.00. The first-order valence-electron chi connectivity index (χ1n) is 5.50. The molecular weight excluding hydrogens is 256 g/mol. The summed E-state index contributed by atoms with van der Waals surface area (Å²) in [7, 11) is 0. The maximum atomic E-state index is 13.3. The number of carbonyl (C=O) groups excluding carboxylic acids is 1. The van der Waals surface area contributed by atoms with Crippen LogP contribution < -0.4 is 5.32 Å². The van der Waals surface area contributed by atoms with Crippen LogP contribution in [0.5, 0.6) is 0 Å². The summed E-state index contributed by atoms with van der Waals surface area (Å²) in [5.74, 6) is -2.53. The molecule has 0 saturated carbocycles. The zero-order chi connectivity index (χ0) is 13.8. The Morgan fingerprint density at radius 3 is 2.95 bits per heavy atom. The number of aromatic nitrogens is 4. The van der Waals surface area contributed by atoms with E-state index in [2.05, 4.69) is 20.4 Å². The van der Waals surface area contributed by atoms with Gasteiger partial charge in [0.15, 0.2) is 11.5 Å². The van der Waals surface area contributed by atoms with Gasteiger partial charge in [0.25, 0.3) is 5.91 Å². The topological polar surface area (TPSA) is 72.7 Å². The summed E-state index contributed by atoms with van der Waals surface area (Å²) in [5, 5.41) is 6.42. The number of pyridine rings is 1. The number of amides is 1. The predicted octanol–water partition coefficient (Wildman–Crippen LogP) is 0.770. The molecular formula is C11H11F2N5O. The Bertz CT molecular complexity index is 572. The molecule has 2 aromatic rings. The Morgan fingerprint density at radius 2 is 2.32 bits per heavy atom. The van der Waals surface area contributed by atoms with Crippen molar-refractivity contribution in [1.29, 1.82) is 0 Å². The van der Waals surface area contributed by atoms with Gasteiger partial charge < -0.3 is 5.32 Å². The van der Waals surface area contributed by atoms with Gasteiger partial charge >= 0.3 is 0 Å². The lowest BCUT2D eigenvalue weighted by atomic mass is 10.2. The lowest BCUT2D eigenvalue weighted by Crippen LogP contribution is -2.36. The van der Waals surface area contributed by atoms with Gasteiger partial charge in [-0.3, -0.25) is 9.48 Å². The quantitative estimate of drug-likeness (QED) is 0.888. The molecule has 0 aliphatic carbocycles. The number of rotatable bonds is 4. The molecule has 2 heterocycles. The summed E-state index contributed by atoms with van der Waals surface area (Å²) in [4.78, 5) is 18.9. The van der Waals surface area contributed by atoms with Gasteiger partial charge in [0, 0.05) is 12.1 Å². The van der Waals surface area contributed by atoms with Crippen LogP contribution in [0.25, 0.3) is 0 Å². The number of hydrogen-bond donors (Lipinski definition) is 1. The second kappa shape index (κ2) is 5.51. The first-order chi connectivity index (χ1) is 9.06. The van der Waals surface area contributed by atoms with E-state index in [0.717, 1.165) is 6.20 Å². The first-order valence-corrected chi connectivity index (χ1v) is 5.50. The van der Waals surface area contributed by atoms with Crippen molar-refractivity contribution >= 4 is 5.91 Å². The number of nitrogens with zero attached hydrogens (tertiary/aromatic N) is 4. The monoisotopic (exact) mass is 267 g/mol. The van der Waals surface area contributed by atoms with Crippen LogP contribution in [0.15, 0.2) is 24.9 Å². The molecule has 19 heavy (non-hydrogen) atoms. The highest BCUT2D eigenvalue weighted by molar-refractivity contribution is 5.92. The van der Waals surface area contributed by atoms with Crippen molar-refractivity contribution in [2.75, 3.05) is 0 Å². The van der Waals surface area contributed by atoms with E-state index in [1.54, 1.807) is 6.92 Å². The molecule has 0 unspecified atom stereocenters. The van der Waals surface area contributed by atoms with E-state index >= 15 is 0 Å². The molecule has 0 spiro atoms. The highest BCUT2D eigenvalue weighted by Gasteiger charge is 2.16. The Morgan fingerprint density at radius 1 is 1.53 bits per heavy atom. The summed E-state index contributed by atoms with van der Waals surface area (Å²) in [6.45, 7) is 2.11. The minimum absolute atomic E-state index is 0.305. The number of halogens is 2. The Labute approximate surface area is 107 Å². The van der Waals surface area contributed by atoms with Crippen LogP contribution in [-0.2, 0) is 6.54 Å². The van der Waals surface area contributed by atoms with Crippen molar-refractivity contribution in [2.24, 2.45) is 0 Å². The molecule has 0 aliphatic rings. The van der Waals surface area contributed by atoms with Crippen molar-refractivity contribution < 1.29 is 13.6 Å². The van der Waals surface area contributed by atoms with Crippen LogP contribution in [0, 0.1) is 11.6 Å². The molecule has 8 heteroatoms. The van der Waals surface area contributed by atoms with Gasteiger partial charge in [-0.15, -0.1) is 0 Å². The van der Waals surface area contributed by atoms with E-state index in [0.29, 0.717) is 12.6 Å². The molecule has 1 N–H and O–H groups in total. The smallest absolute Gasteiger partial charge is 0.273 e. The minimum Gasteiger partial charge on any atom is -0.346 e. The van der Waals surface area contributed by atoms with Crippen LogP contribution in [0.4, 0.5) is 8.78 Å². The molecule has 100 valence electrons. The van der Waals surface area contributed by atoms with Crippen molar-refractivity contribution in [1.82, 2.24) is 25.1 Å². The van der Waals surface area contributed by atoms with Crippen LogP contribution in [0.2, 0.25) is 0 Å². The SMILES string of the molecule is C[C@H](Cn1cncn1)NC(=O)c1ncc(F)cc1F. The lowest BCUT2D eigenvalue weighted by Gasteiger charge is -2.13. The van der Waals surface area contributed by atoms with E-state index in [9.17, 15) is 13.6 Å². The Kier molecular flexibility index (Phi) is 3.79. The Hall–Kier alpha value is -2.38. The summed E-state index contributed by atoms with van der Waals surface area (Å²) >= 11 is 0. The lowest BCUT2D eigenvalue weighted by molar-refractivity contribution is 0.0926. The van der Waals surface area contributed by atoms with E-state index in [1.165, 1.54) is 17.3 Å². The largest absolute Gasteiger partial charge is 0.346 e. The minimum atomic E-state index is -0.995.